The number of benzene rings is 1. The predicted molar refractivity (Wildman–Crippen MR) is 166 cm³/mol. The highest BCUT2D eigenvalue weighted by Gasteiger charge is 2.35. The fourth-order valence-corrected chi connectivity index (χ4v) is 5.53. The summed E-state index contributed by atoms with van der Waals surface area (Å²) in [5.74, 6) is -6.55. The van der Waals surface area contributed by atoms with Crippen LogP contribution in [0.2, 0.25) is 0 Å². The van der Waals surface area contributed by atoms with Gasteiger partial charge in [0.15, 0.2) is 23.9 Å². The highest BCUT2D eigenvalue weighted by atomic mass is 19.2. The van der Waals surface area contributed by atoms with Gasteiger partial charge >= 0.3 is 12.1 Å². The standard InChI is InChI=1S/C31H38F3N7O9/c1-2-49-31(48)39-14-12-38(13-15-39)30(47)22(7-8-27(43)44)36-28(45)23-17-26(41(37-23)19-5-6-20(33)21(34)16-19)50-18-25(42)40-11-3-4-24(40)29(46)35-10-9-32/h5-6,16-17,22,24H,2-4,7-15,18H2,1H3,(H,35,46)(H,36,45)(H,43,44)/t22-,24-/m0/s1. The lowest BCUT2D eigenvalue weighted by molar-refractivity contribution is -0.140. The third-order valence-electron chi connectivity index (χ3n) is 8.04. The SMILES string of the molecule is CCOC(=O)N1CCN(C(=O)[C@H](CCC(=O)O)NC(=O)c2cc(OCC(=O)N3CCC[C@H]3C(=O)NCCF)n(-c3ccc(F)c(F)c3)n2)CC1. The summed E-state index contributed by atoms with van der Waals surface area (Å²) in [7, 11) is 0. The molecule has 2 atom stereocenters. The molecule has 1 aromatic carbocycles. The largest absolute Gasteiger partial charge is 0.481 e. The molecule has 0 bridgehead atoms. The van der Waals surface area contributed by atoms with Crippen molar-refractivity contribution < 1.29 is 56.5 Å². The van der Waals surface area contributed by atoms with Crippen molar-refractivity contribution in [2.75, 3.05) is 59.2 Å². The second kappa shape index (κ2) is 17.3. The summed E-state index contributed by atoms with van der Waals surface area (Å²) in [6.45, 7) is 0.946. The number of nitrogens with zero attached hydrogens (tertiary/aromatic N) is 5. The number of nitrogens with one attached hydrogen (secondary N) is 2. The quantitative estimate of drug-likeness (QED) is 0.254. The van der Waals surface area contributed by atoms with Crippen LogP contribution in [-0.4, -0.2) is 137 Å². The second-order valence-electron chi connectivity index (χ2n) is 11.4. The molecule has 3 N–H and O–H groups in total. The second-order valence-corrected chi connectivity index (χ2v) is 11.4. The van der Waals surface area contributed by atoms with Crippen LogP contribution in [0.4, 0.5) is 18.0 Å². The van der Waals surface area contributed by atoms with Crippen molar-refractivity contribution in [2.45, 2.75) is 44.7 Å². The van der Waals surface area contributed by atoms with E-state index in [0.717, 1.165) is 28.9 Å². The summed E-state index contributed by atoms with van der Waals surface area (Å²) in [5.41, 5.74) is -0.463. The van der Waals surface area contributed by atoms with Crippen molar-refractivity contribution in [1.29, 1.82) is 0 Å². The molecule has 0 unspecified atom stereocenters. The molecule has 2 aromatic rings. The minimum Gasteiger partial charge on any atom is -0.481 e. The first-order chi connectivity index (χ1) is 23.9. The summed E-state index contributed by atoms with van der Waals surface area (Å²) in [6.07, 6.45) is -0.424. The number of likely N-dealkylation sites (tertiary alicyclic amines) is 1. The Labute approximate surface area is 284 Å². The number of carbonyl (C=O) groups excluding carboxylic acids is 5. The topological polar surface area (TPSA) is 193 Å². The maximum absolute atomic E-state index is 14.2. The number of hydrogen-bond acceptors (Lipinski definition) is 9. The number of alkyl halides is 1. The average molecular weight is 710 g/mol. The van der Waals surface area contributed by atoms with Crippen molar-refractivity contribution in [3.05, 3.63) is 41.6 Å². The summed E-state index contributed by atoms with van der Waals surface area (Å²) < 4.78 is 52.1. The van der Waals surface area contributed by atoms with E-state index in [-0.39, 0.29) is 69.6 Å². The number of halogens is 3. The lowest BCUT2D eigenvalue weighted by atomic mass is 10.1. The lowest BCUT2D eigenvalue weighted by Crippen LogP contribution is -2.56. The van der Waals surface area contributed by atoms with E-state index in [0.29, 0.717) is 12.8 Å². The molecule has 3 heterocycles. The number of carboxylic acids is 1. The van der Waals surface area contributed by atoms with E-state index in [1.165, 1.54) is 14.7 Å². The molecular formula is C31H38F3N7O9. The molecule has 0 saturated carbocycles. The van der Waals surface area contributed by atoms with E-state index in [2.05, 4.69) is 15.7 Å². The Bertz CT molecular complexity index is 1580. The van der Waals surface area contributed by atoms with Gasteiger partial charge in [0.25, 0.3) is 11.8 Å². The van der Waals surface area contributed by atoms with Gasteiger partial charge in [-0.2, -0.15) is 5.10 Å². The molecule has 4 rings (SSSR count). The van der Waals surface area contributed by atoms with Crippen LogP contribution in [-0.2, 0) is 23.9 Å². The lowest BCUT2D eigenvalue weighted by Gasteiger charge is -2.35. The van der Waals surface area contributed by atoms with Gasteiger partial charge in [0.2, 0.25) is 17.7 Å². The zero-order valence-electron chi connectivity index (χ0n) is 27.2. The molecule has 272 valence electrons. The van der Waals surface area contributed by atoms with Gasteiger partial charge in [-0.15, -0.1) is 0 Å². The first-order valence-electron chi connectivity index (χ1n) is 16.0. The molecule has 5 amide bonds. The fraction of sp³-hybridized carbons (Fsp3) is 0.516. The van der Waals surface area contributed by atoms with Crippen LogP contribution >= 0.6 is 0 Å². The normalized spacial score (nSPS) is 16.5. The Balaban J connectivity index is 1.53. The number of hydrogen-bond donors (Lipinski definition) is 3. The highest BCUT2D eigenvalue weighted by molar-refractivity contribution is 5.96. The number of aliphatic carboxylic acids is 1. The van der Waals surface area contributed by atoms with Crippen LogP contribution in [0.25, 0.3) is 5.69 Å². The van der Waals surface area contributed by atoms with Gasteiger partial charge in [0.05, 0.1) is 12.3 Å². The van der Waals surface area contributed by atoms with Crippen LogP contribution in [0.1, 0.15) is 43.1 Å². The molecule has 0 aliphatic carbocycles. The van der Waals surface area contributed by atoms with E-state index in [1.807, 2.05) is 0 Å². The van der Waals surface area contributed by atoms with Crippen LogP contribution in [0.3, 0.4) is 0 Å². The molecule has 19 heteroatoms. The highest BCUT2D eigenvalue weighted by Crippen LogP contribution is 2.23. The number of carbonyl (C=O) groups is 6. The van der Waals surface area contributed by atoms with Gasteiger partial charge in [-0.05, 0) is 38.3 Å². The van der Waals surface area contributed by atoms with Crippen LogP contribution < -0.4 is 15.4 Å². The van der Waals surface area contributed by atoms with E-state index in [9.17, 15) is 47.0 Å². The van der Waals surface area contributed by atoms with Gasteiger partial charge in [-0.3, -0.25) is 24.0 Å². The Morgan fingerprint density at radius 2 is 1.74 bits per heavy atom. The minimum absolute atomic E-state index is 0.0898. The number of rotatable bonds is 14. The minimum atomic E-state index is -1.32. The first-order valence-corrected chi connectivity index (χ1v) is 16.0. The third-order valence-corrected chi connectivity index (χ3v) is 8.04. The molecule has 0 spiro atoms. The Morgan fingerprint density at radius 1 is 1.02 bits per heavy atom. The van der Waals surface area contributed by atoms with Gasteiger partial charge in [-0.25, -0.2) is 22.6 Å². The average Bonchev–Trinajstić information content (AvgIpc) is 3.77. The molecule has 16 nitrogen and oxygen atoms in total. The zero-order valence-corrected chi connectivity index (χ0v) is 27.2. The Kier molecular flexibility index (Phi) is 13.0. The van der Waals surface area contributed by atoms with Crippen LogP contribution in [0, 0.1) is 11.6 Å². The summed E-state index contributed by atoms with van der Waals surface area (Å²) >= 11 is 0. The van der Waals surface area contributed by atoms with Gasteiger partial charge < -0.3 is 39.9 Å². The third kappa shape index (κ3) is 9.41. The summed E-state index contributed by atoms with van der Waals surface area (Å²) in [4.78, 5) is 79.9. The van der Waals surface area contributed by atoms with Crippen LogP contribution in [0.15, 0.2) is 24.3 Å². The molecule has 2 fully saturated rings. The first kappa shape index (κ1) is 37.5. The predicted octanol–water partition coefficient (Wildman–Crippen LogP) is 0.870. The van der Waals surface area contributed by atoms with Crippen molar-refractivity contribution in [2.24, 2.45) is 0 Å². The zero-order chi connectivity index (χ0) is 36.4. The Morgan fingerprint density at radius 3 is 2.40 bits per heavy atom. The van der Waals surface area contributed by atoms with Crippen LogP contribution in [0.5, 0.6) is 5.88 Å². The molecule has 0 radical (unpaired) electrons. The van der Waals surface area contributed by atoms with Gasteiger partial charge in [0.1, 0.15) is 18.8 Å². The smallest absolute Gasteiger partial charge is 0.409 e. The molecular weight excluding hydrogens is 671 g/mol. The maximum Gasteiger partial charge on any atom is 0.409 e. The van der Waals surface area contributed by atoms with Crippen molar-refractivity contribution in [3.63, 3.8) is 0 Å². The van der Waals surface area contributed by atoms with Gasteiger partial charge in [-0.1, -0.05) is 0 Å². The van der Waals surface area contributed by atoms with Gasteiger partial charge in [0, 0.05) is 57.8 Å². The number of piperazine rings is 1. The summed E-state index contributed by atoms with van der Waals surface area (Å²) in [5, 5.41) is 18.3. The Hall–Kier alpha value is -5.36. The number of ether oxygens (including phenoxy) is 2. The monoisotopic (exact) mass is 709 g/mol. The fourth-order valence-electron chi connectivity index (χ4n) is 5.53. The van der Waals surface area contributed by atoms with Crippen molar-refractivity contribution in [1.82, 2.24) is 35.1 Å². The molecule has 1 aromatic heterocycles. The van der Waals surface area contributed by atoms with E-state index < -0.39 is 79.1 Å². The number of aromatic nitrogens is 2. The van der Waals surface area contributed by atoms with Crippen molar-refractivity contribution >= 4 is 35.7 Å². The van der Waals surface area contributed by atoms with E-state index in [4.69, 9.17) is 9.47 Å². The maximum atomic E-state index is 14.2. The molecule has 2 aliphatic rings. The van der Waals surface area contributed by atoms with Crippen molar-refractivity contribution in [3.8, 4) is 11.6 Å². The molecule has 50 heavy (non-hydrogen) atoms. The number of carboxylic acid groups (broad SMARTS) is 1. The van der Waals surface area contributed by atoms with E-state index in [1.54, 1.807) is 6.92 Å². The summed E-state index contributed by atoms with van der Waals surface area (Å²) in [6, 6.07) is 1.66. The number of amides is 5. The van der Waals surface area contributed by atoms with E-state index >= 15 is 0 Å². The molecule has 2 saturated heterocycles. The molecule has 2 aliphatic heterocycles.